The number of hydrogen-bond acceptors (Lipinski definition) is 5. The Bertz CT molecular complexity index is 888. The molecule has 3 rings (SSSR count). The zero-order chi connectivity index (χ0) is 17.8. The predicted octanol–water partition coefficient (Wildman–Crippen LogP) is 4.72. The minimum Gasteiger partial charge on any atom is -0.433 e. The summed E-state index contributed by atoms with van der Waals surface area (Å²) < 4.78 is 36.9. The minimum atomic E-state index is -2.95. The SMILES string of the molecule is O=C(CNc1ccc(OC(F)F)c(Cl)c1)Nc1cccc2c1N=S=N2. The fourth-order valence-corrected chi connectivity index (χ4v) is 2.86. The van der Waals surface area contributed by atoms with Crippen molar-refractivity contribution >= 4 is 51.6 Å². The van der Waals surface area contributed by atoms with E-state index in [2.05, 4.69) is 24.1 Å². The van der Waals surface area contributed by atoms with E-state index < -0.39 is 6.61 Å². The highest BCUT2D eigenvalue weighted by atomic mass is 35.5. The second kappa shape index (κ2) is 7.58. The molecule has 0 aromatic heterocycles. The number of nitrogens with one attached hydrogen (secondary N) is 2. The van der Waals surface area contributed by atoms with Gasteiger partial charge in [-0.15, -0.1) is 0 Å². The number of carbonyl (C=O) groups excluding carboxylic acids is 1. The molecule has 0 saturated carbocycles. The Hall–Kier alpha value is -2.52. The van der Waals surface area contributed by atoms with E-state index in [1.807, 2.05) is 0 Å². The Morgan fingerprint density at radius 2 is 2.12 bits per heavy atom. The van der Waals surface area contributed by atoms with Crippen LogP contribution in [0.25, 0.3) is 0 Å². The molecule has 2 aromatic carbocycles. The highest BCUT2D eigenvalue weighted by Crippen LogP contribution is 2.38. The van der Waals surface area contributed by atoms with Gasteiger partial charge in [0.1, 0.15) is 17.1 Å². The summed E-state index contributed by atoms with van der Waals surface area (Å²) in [5, 5.41) is 5.61. The van der Waals surface area contributed by atoms with Crippen LogP contribution < -0.4 is 15.4 Å². The average molecular weight is 385 g/mol. The van der Waals surface area contributed by atoms with Gasteiger partial charge in [-0.25, -0.2) is 0 Å². The molecule has 0 spiro atoms. The topological polar surface area (TPSA) is 75.1 Å². The summed E-state index contributed by atoms with van der Waals surface area (Å²) in [7, 11) is 0. The van der Waals surface area contributed by atoms with Crippen molar-refractivity contribution in [1.82, 2.24) is 0 Å². The van der Waals surface area contributed by atoms with Crippen molar-refractivity contribution in [3.05, 3.63) is 41.4 Å². The number of hydrogen-bond donors (Lipinski definition) is 2. The lowest BCUT2D eigenvalue weighted by Crippen LogP contribution is -2.21. The average Bonchev–Trinajstić information content (AvgIpc) is 3.04. The Labute approximate surface area is 150 Å². The molecular formula is C15H11ClF2N4O2S. The van der Waals surface area contributed by atoms with Gasteiger partial charge in [-0.1, -0.05) is 17.7 Å². The van der Waals surface area contributed by atoms with Gasteiger partial charge in [-0.05, 0) is 30.3 Å². The summed E-state index contributed by atoms with van der Waals surface area (Å²) in [6, 6.07) is 9.50. The van der Waals surface area contributed by atoms with Gasteiger partial charge in [0.2, 0.25) is 5.91 Å². The largest absolute Gasteiger partial charge is 0.433 e. The summed E-state index contributed by atoms with van der Waals surface area (Å²) in [4.78, 5) is 12.1. The fraction of sp³-hybridized carbons (Fsp3) is 0.133. The smallest absolute Gasteiger partial charge is 0.387 e. The van der Waals surface area contributed by atoms with Crippen LogP contribution in [-0.4, -0.2) is 19.1 Å². The van der Waals surface area contributed by atoms with Gasteiger partial charge < -0.3 is 15.4 Å². The first kappa shape index (κ1) is 17.3. The van der Waals surface area contributed by atoms with Crippen LogP contribution in [0.3, 0.4) is 0 Å². The molecule has 1 aliphatic rings. The van der Waals surface area contributed by atoms with Crippen molar-refractivity contribution in [2.75, 3.05) is 17.2 Å². The minimum absolute atomic E-state index is 0.0176. The summed E-state index contributed by atoms with van der Waals surface area (Å²) in [5.74, 6) is -0.432. The van der Waals surface area contributed by atoms with Crippen LogP contribution in [0.15, 0.2) is 45.1 Å². The van der Waals surface area contributed by atoms with E-state index in [9.17, 15) is 13.6 Å². The van der Waals surface area contributed by atoms with E-state index in [1.165, 1.54) is 18.2 Å². The fourth-order valence-electron chi connectivity index (χ4n) is 2.09. The van der Waals surface area contributed by atoms with Crippen LogP contribution in [0.4, 0.5) is 31.5 Å². The number of benzene rings is 2. The molecule has 1 aliphatic heterocycles. The van der Waals surface area contributed by atoms with E-state index in [-0.39, 0.29) is 23.2 Å². The molecule has 0 radical (unpaired) electrons. The molecule has 1 heterocycles. The van der Waals surface area contributed by atoms with Gasteiger partial charge in [0.25, 0.3) is 0 Å². The predicted molar refractivity (Wildman–Crippen MR) is 93.2 cm³/mol. The first-order chi connectivity index (χ1) is 12.0. The number of alkyl halides is 2. The van der Waals surface area contributed by atoms with Crippen LogP contribution in [0.2, 0.25) is 5.02 Å². The van der Waals surface area contributed by atoms with Gasteiger partial charge >= 0.3 is 6.61 Å². The maximum Gasteiger partial charge on any atom is 0.387 e. The first-order valence-corrected chi connectivity index (χ1v) is 8.13. The molecule has 10 heteroatoms. The summed E-state index contributed by atoms with van der Waals surface area (Å²) in [5.41, 5.74) is 2.39. The Balaban J connectivity index is 1.59. The van der Waals surface area contributed by atoms with E-state index in [4.69, 9.17) is 11.6 Å². The number of carbonyl (C=O) groups is 1. The third-order valence-electron chi connectivity index (χ3n) is 3.16. The second-order valence-electron chi connectivity index (χ2n) is 4.86. The van der Waals surface area contributed by atoms with Crippen molar-refractivity contribution < 1.29 is 18.3 Å². The van der Waals surface area contributed by atoms with Crippen molar-refractivity contribution in [2.24, 2.45) is 8.73 Å². The highest BCUT2D eigenvalue weighted by molar-refractivity contribution is 7.58. The molecule has 0 unspecified atom stereocenters. The number of rotatable bonds is 6. The quantitative estimate of drug-likeness (QED) is 0.645. The van der Waals surface area contributed by atoms with Crippen molar-refractivity contribution in [2.45, 2.75) is 6.61 Å². The third-order valence-corrected chi connectivity index (χ3v) is 4.00. The molecule has 0 fully saturated rings. The summed E-state index contributed by atoms with van der Waals surface area (Å²) >= 11 is 6.92. The van der Waals surface area contributed by atoms with Crippen LogP contribution >= 0.6 is 11.6 Å². The number of ether oxygens (including phenoxy) is 1. The lowest BCUT2D eigenvalue weighted by atomic mass is 10.2. The number of fused-ring (bicyclic) bond motifs is 1. The standard InChI is InChI=1S/C15H11ClF2N4O2S/c16-9-6-8(4-5-12(9)24-15(17)18)19-7-13(23)20-10-2-1-3-11-14(10)22-25-21-11/h1-6,15,19H,7H2,(H,20,23). The van der Waals surface area contributed by atoms with E-state index in [0.29, 0.717) is 22.7 Å². The number of amides is 1. The second-order valence-corrected chi connectivity index (χ2v) is 5.80. The first-order valence-electron chi connectivity index (χ1n) is 7.02. The van der Waals surface area contributed by atoms with Gasteiger partial charge in [0.05, 0.1) is 28.6 Å². The lowest BCUT2D eigenvalue weighted by Gasteiger charge is -2.11. The van der Waals surface area contributed by atoms with E-state index in [0.717, 1.165) is 11.4 Å². The molecule has 0 aliphatic carbocycles. The lowest BCUT2D eigenvalue weighted by molar-refractivity contribution is -0.114. The number of anilines is 2. The van der Waals surface area contributed by atoms with Crippen LogP contribution in [0.1, 0.15) is 0 Å². The molecule has 2 aromatic rings. The molecule has 0 atom stereocenters. The zero-order valence-corrected chi connectivity index (χ0v) is 14.1. The number of nitrogens with zero attached hydrogens (tertiary/aromatic N) is 2. The summed E-state index contributed by atoms with van der Waals surface area (Å²) in [6.45, 7) is -3.00. The van der Waals surface area contributed by atoms with Crippen molar-refractivity contribution in [3.8, 4) is 5.75 Å². The normalized spacial score (nSPS) is 11.8. The molecular weight excluding hydrogens is 374 g/mol. The van der Waals surface area contributed by atoms with Crippen LogP contribution in [0, 0.1) is 0 Å². The molecule has 2 N–H and O–H groups in total. The Morgan fingerprint density at radius 1 is 1.28 bits per heavy atom. The third kappa shape index (κ3) is 4.31. The van der Waals surface area contributed by atoms with Gasteiger partial charge in [-0.2, -0.15) is 17.5 Å². The monoisotopic (exact) mass is 384 g/mol. The molecule has 25 heavy (non-hydrogen) atoms. The van der Waals surface area contributed by atoms with Crippen LogP contribution in [-0.2, 0) is 16.1 Å². The zero-order valence-electron chi connectivity index (χ0n) is 12.5. The highest BCUT2D eigenvalue weighted by Gasteiger charge is 2.13. The Morgan fingerprint density at radius 3 is 2.88 bits per heavy atom. The van der Waals surface area contributed by atoms with Gasteiger partial charge in [0.15, 0.2) is 0 Å². The van der Waals surface area contributed by atoms with E-state index >= 15 is 0 Å². The van der Waals surface area contributed by atoms with Gasteiger partial charge in [-0.3, -0.25) is 4.79 Å². The van der Waals surface area contributed by atoms with Crippen molar-refractivity contribution in [3.63, 3.8) is 0 Å². The molecule has 1 amide bonds. The van der Waals surface area contributed by atoms with Gasteiger partial charge in [0, 0.05) is 5.69 Å². The Kier molecular flexibility index (Phi) is 5.25. The molecule has 0 bridgehead atoms. The van der Waals surface area contributed by atoms with E-state index in [1.54, 1.807) is 18.2 Å². The molecule has 6 nitrogen and oxygen atoms in total. The van der Waals surface area contributed by atoms with Crippen LogP contribution in [0.5, 0.6) is 5.75 Å². The molecule has 130 valence electrons. The maximum absolute atomic E-state index is 12.2. The number of halogens is 3. The maximum atomic E-state index is 12.2. The summed E-state index contributed by atoms with van der Waals surface area (Å²) in [6.07, 6.45) is 0. The van der Waals surface area contributed by atoms with Crippen molar-refractivity contribution in [1.29, 1.82) is 0 Å². The molecule has 0 saturated heterocycles.